The number of fused-ring (bicyclic) bond motifs is 1. The summed E-state index contributed by atoms with van der Waals surface area (Å²) in [6, 6.07) is 13.0. The van der Waals surface area contributed by atoms with E-state index in [0.29, 0.717) is 0 Å². The Morgan fingerprint density at radius 1 is 1.08 bits per heavy atom. The summed E-state index contributed by atoms with van der Waals surface area (Å²) in [7, 11) is 3.20. The van der Waals surface area contributed by atoms with E-state index in [1.807, 2.05) is 48.7 Å². The summed E-state index contributed by atoms with van der Waals surface area (Å²) in [4.78, 5) is 14.1. The lowest BCUT2D eigenvalue weighted by Gasteiger charge is -2.14. The maximum absolute atomic E-state index is 11.2. The SMILES string of the molecule is COc1ccc([C@@H](C[N+](=O)[O-])c2c[nH]c3ccc(OC)cc23)cc1. The van der Waals surface area contributed by atoms with Crippen molar-refractivity contribution >= 4 is 10.9 Å². The third-order valence-corrected chi connectivity index (χ3v) is 4.15. The molecule has 0 spiro atoms. The van der Waals surface area contributed by atoms with E-state index in [0.717, 1.165) is 33.5 Å². The van der Waals surface area contributed by atoms with Gasteiger partial charge in [0.2, 0.25) is 6.54 Å². The Morgan fingerprint density at radius 2 is 1.75 bits per heavy atom. The van der Waals surface area contributed by atoms with Crippen molar-refractivity contribution < 1.29 is 14.4 Å². The van der Waals surface area contributed by atoms with Gasteiger partial charge in [0.25, 0.3) is 0 Å². The lowest BCUT2D eigenvalue weighted by Crippen LogP contribution is -2.13. The van der Waals surface area contributed by atoms with Crippen molar-refractivity contribution in [1.82, 2.24) is 4.98 Å². The summed E-state index contributed by atoms with van der Waals surface area (Å²) in [6.07, 6.45) is 1.84. The van der Waals surface area contributed by atoms with Crippen LogP contribution in [0.1, 0.15) is 17.0 Å². The molecule has 3 aromatic rings. The Bertz CT molecular complexity index is 855. The van der Waals surface area contributed by atoms with E-state index in [-0.39, 0.29) is 17.4 Å². The monoisotopic (exact) mass is 326 g/mol. The van der Waals surface area contributed by atoms with E-state index in [1.165, 1.54) is 0 Å². The molecule has 1 heterocycles. The summed E-state index contributed by atoms with van der Waals surface area (Å²) >= 11 is 0. The van der Waals surface area contributed by atoms with Crippen LogP contribution in [0.5, 0.6) is 11.5 Å². The fourth-order valence-electron chi connectivity index (χ4n) is 2.91. The normalized spacial score (nSPS) is 12.1. The van der Waals surface area contributed by atoms with Crippen molar-refractivity contribution in [2.75, 3.05) is 20.8 Å². The Morgan fingerprint density at radius 3 is 2.38 bits per heavy atom. The van der Waals surface area contributed by atoms with Crippen LogP contribution < -0.4 is 9.47 Å². The molecule has 0 radical (unpaired) electrons. The minimum Gasteiger partial charge on any atom is -0.497 e. The first-order valence-electron chi connectivity index (χ1n) is 7.53. The van der Waals surface area contributed by atoms with Crippen LogP contribution in [0, 0.1) is 10.1 Å². The first kappa shape index (κ1) is 15.9. The number of hydrogen-bond donors (Lipinski definition) is 1. The highest BCUT2D eigenvalue weighted by Crippen LogP contribution is 2.33. The van der Waals surface area contributed by atoms with Crippen LogP contribution in [0.4, 0.5) is 0 Å². The molecular formula is C18H18N2O4. The number of benzene rings is 2. The van der Waals surface area contributed by atoms with Gasteiger partial charge in [-0.2, -0.15) is 0 Å². The predicted molar refractivity (Wildman–Crippen MR) is 91.5 cm³/mol. The minimum absolute atomic E-state index is 0.184. The van der Waals surface area contributed by atoms with Crippen LogP contribution in [0.2, 0.25) is 0 Å². The zero-order valence-corrected chi connectivity index (χ0v) is 13.5. The smallest absolute Gasteiger partial charge is 0.214 e. The molecule has 6 nitrogen and oxygen atoms in total. The molecule has 0 aliphatic carbocycles. The highest BCUT2D eigenvalue weighted by Gasteiger charge is 2.23. The maximum Gasteiger partial charge on any atom is 0.214 e. The molecule has 1 N–H and O–H groups in total. The van der Waals surface area contributed by atoms with Crippen LogP contribution in [0.25, 0.3) is 10.9 Å². The summed E-state index contributed by atoms with van der Waals surface area (Å²) in [5.41, 5.74) is 2.68. The average molecular weight is 326 g/mol. The van der Waals surface area contributed by atoms with Crippen LogP contribution >= 0.6 is 0 Å². The van der Waals surface area contributed by atoms with Gasteiger partial charge in [-0.1, -0.05) is 12.1 Å². The average Bonchev–Trinajstić information content (AvgIpc) is 3.02. The molecule has 1 atom stereocenters. The lowest BCUT2D eigenvalue weighted by atomic mass is 9.91. The van der Waals surface area contributed by atoms with Gasteiger partial charge in [0.05, 0.1) is 20.1 Å². The van der Waals surface area contributed by atoms with Gasteiger partial charge in [-0.25, -0.2) is 0 Å². The standard InChI is InChI=1S/C18H18N2O4/c1-23-13-5-3-12(4-6-13)17(11-20(21)22)16-10-19-18-8-7-14(24-2)9-15(16)18/h3-10,17,19H,11H2,1-2H3/t17-/m1/s1. The molecule has 124 valence electrons. The first-order valence-corrected chi connectivity index (χ1v) is 7.53. The molecule has 0 fully saturated rings. The van der Waals surface area contributed by atoms with Crippen LogP contribution in [0.15, 0.2) is 48.7 Å². The van der Waals surface area contributed by atoms with Crippen molar-refractivity contribution in [3.63, 3.8) is 0 Å². The third kappa shape index (κ3) is 3.03. The van der Waals surface area contributed by atoms with E-state index < -0.39 is 0 Å². The molecule has 0 saturated heterocycles. The molecule has 0 aliphatic rings. The number of ether oxygens (including phenoxy) is 2. The van der Waals surface area contributed by atoms with Gasteiger partial charge in [-0.15, -0.1) is 0 Å². The lowest BCUT2D eigenvalue weighted by molar-refractivity contribution is -0.481. The van der Waals surface area contributed by atoms with Gasteiger partial charge in [-0.3, -0.25) is 10.1 Å². The van der Waals surface area contributed by atoms with Gasteiger partial charge >= 0.3 is 0 Å². The largest absolute Gasteiger partial charge is 0.497 e. The van der Waals surface area contributed by atoms with Gasteiger partial charge in [0.15, 0.2) is 0 Å². The first-order chi connectivity index (χ1) is 11.6. The molecule has 0 amide bonds. The Balaban J connectivity index is 2.09. The van der Waals surface area contributed by atoms with Crippen LogP contribution in [0.3, 0.4) is 0 Å². The zero-order chi connectivity index (χ0) is 17.1. The van der Waals surface area contributed by atoms with Gasteiger partial charge in [-0.05, 0) is 41.5 Å². The molecule has 2 aromatic carbocycles. The second-order valence-corrected chi connectivity index (χ2v) is 5.50. The van der Waals surface area contributed by atoms with Crippen molar-refractivity contribution in [1.29, 1.82) is 0 Å². The van der Waals surface area contributed by atoms with E-state index in [1.54, 1.807) is 14.2 Å². The van der Waals surface area contributed by atoms with Gasteiger partial charge < -0.3 is 14.5 Å². The molecule has 0 bridgehead atoms. The second kappa shape index (κ2) is 6.62. The fraction of sp³-hybridized carbons (Fsp3) is 0.222. The second-order valence-electron chi connectivity index (χ2n) is 5.50. The molecule has 3 rings (SSSR count). The summed E-state index contributed by atoms with van der Waals surface area (Å²) in [5, 5.41) is 12.1. The van der Waals surface area contributed by atoms with E-state index >= 15 is 0 Å². The number of aromatic amines is 1. The number of nitrogens with one attached hydrogen (secondary N) is 1. The number of hydrogen-bond acceptors (Lipinski definition) is 4. The number of aromatic nitrogens is 1. The van der Waals surface area contributed by atoms with Gasteiger partial charge in [0.1, 0.15) is 11.5 Å². The maximum atomic E-state index is 11.2. The fourth-order valence-corrected chi connectivity index (χ4v) is 2.91. The van der Waals surface area contributed by atoms with E-state index in [4.69, 9.17) is 9.47 Å². The number of nitrogens with zero attached hydrogens (tertiary/aromatic N) is 1. The summed E-state index contributed by atoms with van der Waals surface area (Å²) in [5.74, 6) is 1.09. The molecule has 0 saturated carbocycles. The number of methoxy groups -OCH3 is 2. The molecule has 0 unspecified atom stereocenters. The number of rotatable bonds is 6. The Labute approximate surface area is 139 Å². The predicted octanol–water partition coefficient (Wildman–Crippen LogP) is 3.59. The molecule has 24 heavy (non-hydrogen) atoms. The summed E-state index contributed by atoms with van der Waals surface area (Å²) < 4.78 is 10.4. The number of nitro groups is 1. The van der Waals surface area contributed by atoms with Gasteiger partial charge in [0, 0.05) is 22.0 Å². The Kier molecular flexibility index (Phi) is 4.37. The highest BCUT2D eigenvalue weighted by atomic mass is 16.6. The van der Waals surface area contributed by atoms with Crippen LogP contribution in [-0.4, -0.2) is 30.7 Å². The third-order valence-electron chi connectivity index (χ3n) is 4.15. The molecular weight excluding hydrogens is 308 g/mol. The van der Waals surface area contributed by atoms with E-state index in [9.17, 15) is 10.1 Å². The van der Waals surface area contributed by atoms with Crippen molar-refractivity contribution in [2.24, 2.45) is 0 Å². The summed E-state index contributed by atoms with van der Waals surface area (Å²) in [6.45, 7) is -0.184. The highest BCUT2D eigenvalue weighted by molar-refractivity contribution is 5.85. The van der Waals surface area contributed by atoms with Crippen LogP contribution in [-0.2, 0) is 0 Å². The van der Waals surface area contributed by atoms with E-state index in [2.05, 4.69) is 4.98 Å². The van der Waals surface area contributed by atoms with Crippen molar-refractivity contribution in [3.05, 3.63) is 69.9 Å². The van der Waals surface area contributed by atoms with Crippen molar-refractivity contribution in [2.45, 2.75) is 5.92 Å². The topological polar surface area (TPSA) is 77.4 Å². The quantitative estimate of drug-likeness (QED) is 0.554. The van der Waals surface area contributed by atoms with Crippen molar-refractivity contribution in [3.8, 4) is 11.5 Å². The molecule has 1 aromatic heterocycles. The number of H-pyrrole nitrogens is 1. The molecule has 0 aliphatic heterocycles. The zero-order valence-electron chi connectivity index (χ0n) is 13.5. The Hall–Kier alpha value is -3.02. The molecule has 6 heteroatoms. The minimum atomic E-state index is -0.355.